The molecule has 3 aliphatic rings. The van der Waals surface area contributed by atoms with Crippen LogP contribution in [-0.2, 0) is 20.3 Å². The molecule has 3 fully saturated rings. The fourth-order valence-electron chi connectivity index (χ4n) is 5.89. The van der Waals surface area contributed by atoms with Crippen LogP contribution in [0.1, 0.15) is 12.8 Å². The zero-order valence-corrected chi connectivity index (χ0v) is 19.5. The zero-order valence-electron chi connectivity index (χ0n) is 17.7. The maximum absolute atomic E-state index is 13.0. The summed E-state index contributed by atoms with van der Waals surface area (Å²) in [5.74, 6) is -0.358. The van der Waals surface area contributed by atoms with Gasteiger partial charge < -0.3 is 9.47 Å². The molecule has 160 valence electrons. The Hall–Kier alpha value is -1.31. The lowest BCUT2D eigenvalue weighted by Crippen LogP contribution is -2.57. The second-order valence-electron chi connectivity index (χ2n) is 8.97. The van der Waals surface area contributed by atoms with E-state index in [0.717, 1.165) is 38.0 Å². The van der Waals surface area contributed by atoms with Crippen LogP contribution in [0.3, 0.4) is 0 Å². The van der Waals surface area contributed by atoms with Gasteiger partial charge in [0.25, 0.3) is 0 Å². The van der Waals surface area contributed by atoms with Gasteiger partial charge in [-0.25, -0.2) is 0 Å². The molecule has 0 N–H and O–H groups in total. The molecule has 30 heavy (non-hydrogen) atoms. The number of hydrogen-bond donors (Lipinski definition) is 0. The molecule has 2 aromatic carbocycles. The smallest absolute Gasteiger partial charge is 0.170 e. The number of hydrogen-bond acceptors (Lipinski definition) is 4. The van der Waals surface area contributed by atoms with E-state index in [0.29, 0.717) is 19.3 Å². The topological polar surface area (TPSA) is 38.8 Å². The lowest BCUT2D eigenvalue weighted by molar-refractivity contribution is -0.187. The van der Waals surface area contributed by atoms with Crippen LogP contribution in [0.15, 0.2) is 60.7 Å². The molecule has 0 saturated carbocycles. The van der Waals surface area contributed by atoms with Gasteiger partial charge in [0.1, 0.15) is 8.07 Å². The maximum Gasteiger partial charge on any atom is 0.170 e. The van der Waals surface area contributed by atoms with Crippen LogP contribution in [0.25, 0.3) is 0 Å². The van der Waals surface area contributed by atoms with Crippen molar-refractivity contribution in [2.75, 3.05) is 32.6 Å². The fourth-order valence-corrected chi connectivity index (χ4v) is 13.9. The van der Waals surface area contributed by atoms with E-state index in [9.17, 15) is 4.21 Å². The molecule has 3 aliphatic heterocycles. The quantitative estimate of drug-likeness (QED) is 0.682. The second kappa shape index (κ2) is 8.32. The summed E-state index contributed by atoms with van der Waals surface area (Å²) in [4.78, 5) is 2.60. The molecule has 1 spiro atoms. The first-order chi connectivity index (χ1) is 14.6. The Kier molecular flexibility index (Phi) is 5.71. The number of ether oxygens (including phenoxy) is 2. The number of likely N-dealkylation sites (tertiary alicyclic amines) is 1. The van der Waals surface area contributed by atoms with Crippen molar-refractivity contribution in [2.24, 2.45) is 0 Å². The Morgan fingerprint density at radius 1 is 0.900 bits per heavy atom. The van der Waals surface area contributed by atoms with E-state index in [2.05, 4.69) is 65.6 Å². The minimum absolute atomic E-state index is 0.219. The van der Waals surface area contributed by atoms with Crippen molar-refractivity contribution in [3.8, 4) is 0 Å². The molecule has 3 heterocycles. The third-order valence-corrected chi connectivity index (χ3v) is 14.2. The van der Waals surface area contributed by atoms with Gasteiger partial charge in [-0.15, -0.1) is 0 Å². The highest BCUT2D eigenvalue weighted by molar-refractivity contribution is 7.85. The van der Waals surface area contributed by atoms with Crippen LogP contribution < -0.4 is 10.4 Å². The summed E-state index contributed by atoms with van der Waals surface area (Å²) in [6.45, 7) is 3.35. The van der Waals surface area contributed by atoms with E-state index >= 15 is 0 Å². The first kappa shape index (κ1) is 20.6. The highest BCUT2D eigenvalue weighted by Gasteiger charge is 2.53. The molecule has 3 saturated heterocycles. The summed E-state index contributed by atoms with van der Waals surface area (Å²) >= 11 is 0. The molecule has 0 aromatic heterocycles. The van der Waals surface area contributed by atoms with Crippen molar-refractivity contribution in [1.82, 2.24) is 4.90 Å². The van der Waals surface area contributed by atoms with E-state index < -0.39 is 18.9 Å². The van der Waals surface area contributed by atoms with Gasteiger partial charge in [0.2, 0.25) is 0 Å². The van der Waals surface area contributed by atoms with E-state index in [1.54, 1.807) is 0 Å². The van der Waals surface area contributed by atoms with Crippen LogP contribution in [0.5, 0.6) is 0 Å². The first-order valence-electron chi connectivity index (χ1n) is 11.1. The minimum atomic E-state index is -1.99. The Balaban J connectivity index is 1.48. The number of piperidine rings is 1. The van der Waals surface area contributed by atoms with E-state index in [4.69, 9.17) is 9.47 Å². The predicted molar refractivity (Wildman–Crippen MR) is 125 cm³/mol. The summed E-state index contributed by atoms with van der Waals surface area (Å²) in [6, 6.07) is 24.7. The number of rotatable bonds is 4. The molecule has 4 nitrogen and oxygen atoms in total. The lowest BCUT2D eigenvalue weighted by atomic mass is 10.0. The fraction of sp³-hybridized carbons (Fsp3) is 0.500. The van der Waals surface area contributed by atoms with E-state index in [-0.39, 0.29) is 11.0 Å². The summed E-state index contributed by atoms with van der Waals surface area (Å²) in [6.07, 6.45) is 3.74. The van der Waals surface area contributed by atoms with Crippen LogP contribution in [-0.4, -0.2) is 66.8 Å². The Morgan fingerprint density at radius 2 is 1.43 bits per heavy atom. The van der Waals surface area contributed by atoms with Crippen molar-refractivity contribution >= 4 is 29.2 Å². The van der Waals surface area contributed by atoms with Gasteiger partial charge in [0.15, 0.2) is 5.79 Å². The second-order valence-corrected chi connectivity index (χ2v) is 14.7. The highest BCUT2D eigenvalue weighted by atomic mass is 32.2. The molecule has 3 atom stereocenters. The van der Waals surface area contributed by atoms with Gasteiger partial charge in [-0.3, -0.25) is 9.11 Å². The van der Waals surface area contributed by atoms with Gasteiger partial charge in [0.05, 0.1) is 13.2 Å². The molecular formula is C24H31NO3SSi. The summed E-state index contributed by atoms with van der Waals surface area (Å²) < 4.78 is 24.8. The van der Waals surface area contributed by atoms with Crippen molar-refractivity contribution in [2.45, 2.75) is 42.0 Å². The third-order valence-electron chi connectivity index (χ3n) is 7.46. The van der Waals surface area contributed by atoms with Crippen LogP contribution in [0, 0.1) is 0 Å². The molecular weight excluding hydrogens is 410 g/mol. The lowest BCUT2D eigenvalue weighted by Gasteiger charge is -2.42. The molecule has 1 unspecified atom stereocenters. The van der Waals surface area contributed by atoms with Crippen LogP contribution in [0.4, 0.5) is 0 Å². The highest BCUT2D eigenvalue weighted by Crippen LogP contribution is 2.40. The Labute approximate surface area is 183 Å². The number of nitrogens with zero attached hydrogens (tertiary/aromatic N) is 1. The molecule has 0 amide bonds. The van der Waals surface area contributed by atoms with Crippen molar-refractivity contribution in [1.29, 1.82) is 0 Å². The SMILES string of the molecule is CS(=O)[C@@H]1C[Si](c2ccccc2)(c2ccccc2)C[C@H]1N1CCC2(CC1)OCCO2. The third kappa shape index (κ3) is 3.63. The first-order valence-corrected chi connectivity index (χ1v) is 15.1. The Bertz CT molecular complexity index is 838. The largest absolute Gasteiger partial charge is 0.347 e. The monoisotopic (exact) mass is 441 g/mol. The van der Waals surface area contributed by atoms with Gasteiger partial charge in [-0.2, -0.15) is 0 Å². The average molecular weight is 442 g/mol. The normalized spacial score (nSPS) is 29.2. The van der Waals surface area contributed by atoms with Crippen molar-refractivity contribution in [3.63, 3.8) is 0 Å². The number of benzene rings is 2. The molecule has 0 aliphatic carbocycles. The van der Waals surface area contributed by atoms with Gasteiger partial charge in [0, 0.05) is 54.3 Å². The summed E-state index contributed by atoms with van der Waals surface area (Å²) in [5, 5.41) is 3.17. The van der Waals surface area contributed by atoms with Crippen LogP contribution in [0.2, 0.25) is 12.1 Å². The zero-order chi connectivity index (χ0) is 20.6. The Morgan fingerprint density at radius 3 is 1.93 bits per heavy atom. The molecule has 0 radical (unpaired) electrons. The van der Waals surface area contributed by atoms with Gasteiger partial charge in [-0.1, -0.05) is 71.0 Å². The van der Waals surface area contributed by atoms with Crippen molar-refractivity contribution < 1.29 is 13.7 Å². The van der Waals surface area contributed by atoms with E-state index in [1.807, 2.05) is 6.26 Å². The maximum atomic E-state index is 13.0. The average Bonchev–Trinajstić information content (AvgIpc) is 3.42. The predicted octanol–water partition coefficient (Wildman–Crippen LogP) is 2.22. The standard InChI is InChI=1S/C24H31NO3SSi/c1-29(26)23-19-30(20-8-4-2-5-9-20,21-10-6-3-7-11-21)18-22(23)25-14-12-24(13-15-25)27-16-17-28-24/h2-11,22-23H,12-19H2,1H3/t22-,23-,29?/m1/s1. The molecule has 2 aromatic rings. The molecule has 0 bridgehead atoms. The van der Waals surface area contributed by atoms with E-state index in [1.165, 1.54) is 10.4 Å². The molecule has 6 heteroatoms. The van der Waals surface area contributed by atoms with Gasteiger partial charge in [-0.05, 0) is 12.1 Å². The molecule has 5 rings (SSSR count). The van der Waals surface area contributed by atoms with Crippen LogP contribution >= 0.6 is 0 Å². The van der Waals surface area contributed by atoms with Gasteiger partial charge >= 0.3 is 0 Å². The summed E-state index contributed by atoms with van der Waals surface area (Å²) in [7, 11) is -2.84. The summed E-state index contributed by atoms with van der Waals surface area (Å²) in [5.41, 5.74) is 0. The van der Waals surface area contributed by atoms with Crippen molar-refractivity contribution in [3.05, 3.63) is 60.7 Å². The minimum Gasteiger partial charge on any atom is -0.347 e.